The Morgan fingerprint density at radius 2 is 1.70 bits per heavy atom. The number of nitrogens with zero attached hydrogens (tertiary/aromatic N) is 2. The highest BCUT2D eigenvalue weighted by Crippen LogP contribution is 2.32. The van der Waals surface area contributed by atoms with Crippen LogP contribution in [-0.4, -0.2) is 35.2 Å². The molecule has 0 atom stereocenters. The summed E-state index contributed by atoms with van der Waals surface area (Å²) in [6.07, 6.45) is 0.620. The first kappa shape index (κ1) is 19.8. The van der Waals surface area contributed by atoms with E-state index in [0.717, 1.165) is 5.56 Å². The van der Waals surface area contributed by atoms with Crippen molar-refractivity contribution in [2.75, 3.05) is 23.8 Å². The molecule has 8 nitrogen and oxygen atoms in total. The van der Waals surface area contributed by atoms with Gasteiger partial charge in [-0.25, -0.2) is 0 Å². The number of benzene rings is 2. The molecule has 154 valence electrons. The van der Waals surface area contributed by atoms with Crippen LogP contribution >= 0.6 is 11.3 Å². The molecule has 0 radical (unpaired) electrons. The molecule has 3 aromatic rings. The predicted octanol–water partition coefficient (Wildman–Crippen LogP) is 3.44. The average Bonchev–Trinajstić information content (AvgIpc) is 3.23. The highest BCUT2D eigenvalue weighted by Gasteiger charge is 2.15. The van der Waals surface area contributed by atoms with Gasteiger partial charge in [0.1, 0.15) is 18.2 Å². The SMILES string of the molecule is Cc1ccc(NC(=O)c2nnc(CCC(=O)Nc3ccc4c(c3)OCCO4)s2)cc1. The fourth-order valence-electron chi connectivity index (χ4n) is 2.83. The Bertz CT molecular complexity index is 1070. The minimum absolute atomic E-state index is 0.160. The number of fused-ring (bicyclic) bond motifs is 1. The van der Waals surface area contributed by atoms with E-state index >= 15 is 0 Å². The number of rotatable bonds is 6. The topological polar surface area (TPSA) is 102 Å². The van der Waals surface area contributed by atoms with Gasteiger partial charge in [0.2, 0.25) is 10.9 Å². The number of carbonyl (C=O) groups excluding carboxylic acids is 2. The summed E-state index contributed by atoms with van der Waals surface area (Å²) in [5, 5.41) is 14.5. The fraction of sp³-hybridized carbons (Fsp3) is 0.238. The summed E-state index contributed by atoms with van der Waals surface area (Å²) in [7, 11) is 0. The zero-order valence-electron chi connectivity index (χ0n) is 16.3. The molecule has 2 N–H and O–H groups in total. The maximum absolute atomic E-state index is 12.3. The molecular formula is C21H20N4O4S. The summed E-state index contributed by atoms with van der Waals surface area (Å²) in [6.45, 7) is 2.99. The van der Waals surface area contributed by atoms with Crippen LogP contribution in [-0.2, 0) is 11.2 Å². The summed E-state index contributed by atoms with van der Waals surface area (Å²) in [4.78, 5) is 24.6. The highest BCUT2D eigenvalue weighted by atomic mass is 32.1. The van der Waals surface area contributed by atoms with Gasteiger partial charge in [0.25, 0.3) is 5.91 Å². The van der Waals surface area contributed by atoms with Gasteiger partial charge in [-0.05, 0) is 31.2 Å². The lowest BCUT2D eigenvalue weighted by molar-refractivity contribution is -0.116. The standard InChI is InChI=1S/C21H20N4O4S/c1-13-2-4-14(5-3-13)23-20(27)21-25-24-19(30-21)9-8-18(26)22-15-6-7-16-17(12-15)29-11-10-28-16/h2-7,12H,8-11H2,1H3,(H,22,26)(H,23,27). The Balaban J connectivity index is 1.29. The summed E-state index contributed by atoms with van der Waals surface area (Å²) in [6, 6.07) is 12.8. The molecule has 0 unspecified atom stereocenters. The third kappa shape index (κ3) is 4.93. The van der Waals surface area contributed by atoms with Crippen LogP contribution in [0, 0.1) is 6.92 Å². The van der Waals surface area contributed by atoms with E-state index in [4.69, 9.17) is 9.47 Å². The number of carbonyl (C=O) groups is 2. The van der Waals surface area contributed by atoms with Crippen LogP contribution in [0.4, 0.5) is 11.4 Å². The second-order valence-corrected chi connectivity index (χ2v) is 7.79. The Morgan fingerprint density at radius 3 is 2.50 bits per heavy atom. The lowest BCUT2D eigenvalue weighted by atomic mass is 10.2. The fourth-order valence-corrected chi connectivity index (χ4v) is 3.57. The first-order valence-corrected chi connectivity index (χ1v) is 10.3. The van der Waals surface area contributed by atoms with E-state index in [1.165, 1.54) is 11.3 Å². The molecule has 2 aromatic carbocycles. The van der Waals surface area contributed by atoms with Crippen molar-refractivity contribution >= 4 is 34.5 Å². The largest absolute Gasteiger partial charge is 0.486 e. The predicted molar refractivity (Wildman–Crippen MR) is 113 cm³/mol. The van der Waals surface area contributed by atoms with Crippen molar-refractivity contribution in [3.05, 3.63) is 58.0 Å². The lowest BCUT2D eigenvalue weighted by Crippen LogP contribution is -2.16. The van der Waals surface area contributed by atoms with Crippen LogP contribution in [0.1, 0.15) is 26.8 Å². The molecule has 1 aliphatic heterocycles. The van der Waals surface area contributed by atoms with E-state index in [9.17, 15) is 9.59 Å². The van der Waals surface area contributed by atoms with E-state index in [1.54, 1.807) is 18.2 Å². The van der Waals surface area contributed by atoms with Gasteiger partial charge in [-0.1, -0.05) is 29.0 Å². The molecular weight excluding hydrogens is 404 g/mol. The Hall–Kier alpha value is -3.46. The summed E-state index contributed by atoms with van der Waals surface area (Å²) < 4.78 is 11.0. The van der Waals surface area contributed by atoms with Crippen molar-refractivity contribution < 1.29 is 19.1 Å². The van der Waals surface area contributed by atoms with Crippen LogP contribution in [0.2, 0.25) is 0 Å². The van der Waals surface area contributed by atoms with Gasteiger partial charge < -0.3 is 20.1 Å². The van der Waals surface area contributed by atoms with Crippen molar-refractivity contribution in [1.82, 2.24) is 10.2 Å². The first-order chi connectivity index (χ1) is 14.6. The van der Waals surface area contributed by atoms with Crippen LogP contribution in [0.15, 0.2) is 42.5 Å². The lowest BCUT2D eigenvalue weighted by Gasteiger charge is -2.18. The molecule has 0 aliphatic carbocycles. The third-order valence-corrected chi connectivity index (χ3v) is 5.34. The van der Waals surface area contributed by atoms with Gasteiger partial charge in [0, 0.05) is 30.3 Å². The van der Waals surface area contributed by atoms with E-state index in [-0.39, 0.29) is 23.2 Å². The van der Waals surface area contributed by atoms with Crippen LogP contribution < -0.4 is 20.1 Å². The van der Waals surface area contributed by atoms with E-state index in [2.05, 4.69) is 20.8 Å². The summed E-state index contributed by atoms with van der Waals surface area (Å²) >= 11 is 1.18. The van der Waals surface area contributed by atoms with Crippen molar-refractivity contribution in [1.29, 1.82) is 0 Å². The number of hydrogen-bond acceptors (Lipinski definition) is 7. The third-order valence-electron chi connectivity index (χ3n) is 4.36. The van der Waals surface area contributed by atoms with E-state index in [1.807, 2.05) is 31.2 Å². The molecule has 0 spiro atoms. The van der Waals surface area contributed by atoms with Crippen molar-refractivity contribution in [3.63, 3.8) is 0 Å². The van der Waals surface area contributed by atoms with Crippen molar-refractivity contribution in [2.24, 2.45) is 0 Å². The molecule has 0 bridgehead atoms. The van der Waals surface area contributed by atoms with Gasteiger partial charge in [-0.3, -0.25) is 9.59 Å². The Labute approximate surface area is 177 Å². The maximum atomic E-state index is 12.3. The molecule has 0 saturated carbocycles. The second-order valence-electron chi connectivity index (χ2n) is 6.73. The molecule has 1 aliphatic rings. The second kappa shape index (κ2) is 8.91. The zero-order chi connectivity index (χ0) is 20.9. The van der Waals surface area contributed by atoms with Crippen molar-refractivity contribution in [2.45, 2.75) is 19.8 Å². The van der Waals surface area contributed by atoms with Gasteiger partial charge in [0.15, 0.2) is 11.5 Å². The summed E-state index contributed by atoms with van der Waals surface area (Å²) in [5.74, 6) is 0.813. The van der Waals surface area contributed by atoms with E-state index in [0.29, 0.717) is 47.5 Å². The van der Waals surface area contributed by atoms with Crippen LogP contribution in [0.5, 0.6) is 11.5 Å². The number of anilines is 2. The number of aryl methyl sites for hydroxylation is 2. The molecule has 30 heavy (non-hydrogen) atoms. The monoisotopic (exact) mass is 424 g/mol. The summed E-state index contributed by atoms with van der Waals surface area (Å²) in [5.41, 5.74) is 2.45. The molecule has 1 aromatic heterocycles. The molecule has 0 fully saturated rings. The minimum Gasteiger partial charge on any atom is -0.486 e. The van der Waals surface area contributed by atoms with Crippen LogP contribution in [0.25, 0.3) is 0 Å². The van der Waals surface area contributed by atoms with Gasteiger partial charge in [-0.2, -0.15) is 0 Å². The van der Waals surface area contributed by atoms with Crippen molar-refractivity contribution in [3.8, 4) is 11.5 Å². The number of hydrogen-bond donors (Lipinski definition) is 2. The van der Waals surface area contributed by atoms with Gasteiger partial charge in [0.05, 0.1) is 0 Å². The molecule has 9 heteroatoms. The number of aromatic nitrogens is 2. The molecule has 4 rings (SSSR count). The number of ether oxygens (including phenoxy) is 2. The maximum Gasteiger partial charge on any atom is 0.286 e. The van der Waals surface area contributed by atoms with E-state index < -0.39 is 0 Å². The minimum atomic E-state index is -0.316. The Morgan fingerprint density at radius 1 is 0.967 bits per heavy atom. The molecule has 2 amide bonds. The average molecular weight is 424 g/mol. The Kier molecular flexibility index (Phi) is 5.89. The quantitative estimate of drug-likeness (QED) is 0.628. The first-order valence-electron chi connectivity index (χ1n) is 9.47. The van der Waals surface area contributed by atoms with Gasteiger partial charge in [-0.15, -0.1) is 10.2 Å². The normalized spacial score (nSPS) is 12.3. The molecule has 0 saturated heterocycles. The van der Waals surface area contributed by atoms with Gasteiger partial charge >= 0.3 is 0 Å². The van der Waals surface area contributed by atoms with Crippen LogP contribution in [0.3, 0.4) is 0 Å². The number of amides is 2. The number of nitrogens with one attached hydrogen (secondary N) is 2. The highest BCUT2D eigenvalue weighted by molar-refractivity contribution is 7.13. The smallest absolute Gasteiger partial charge is 0.286 e. The molecule has 2 heterocycles. The zero-order valence-corrected chi connectivity index (χ0v) is 17.1.